The van der Waals surface area contributed by atoms with Crippen LogP contribution in [0.4, 0.5) is 13.2 Å². The number of alkyl halides is 3. The largest absolute Gasteiger partial charge is 0.480 e. The Kier molecular flexibility index (Phi) is 5.99. The van der Waals surface area contributed by atoms with E-state index < -0.39 is 35.8 Å². The van der Waals surface area contributed by atoms with Crippen LogP contribution in [0.15, 0.2) is 54.6 Å². The summed E-state index contributed by atoms with van der Waals surface area (Å²) < 4.78 is 37.6. The molecular formula is C18H16F3NO4. The molecular weight excluding hydrogens is 351 g/mol. The molecule has 2 rings (SSSR count). The molecule has 26 heavy (non-hydrogen) atoms. The van der Waals surface area contributed by atoms with Gasteiger partial charge in [0, 0.05) is 6.42 Å². The zero-order chi connectivity index (χ0) is 19.3. The fourth-order valence-electron chi connectivity index (χ4n) is 2.31. The van der Waals surface area contributed by atoms with Gasteiger partial charge in [-0.05, 0) is 23.3 Å². The lowest BCUT2D eigenvalue weighted by Crippen LogP contribution is -2.44. The number of carbonyl (C=O) groups excluding carboxylic acids is 1. The summed E-state index contributed by atoms with van der Waals surface area (Å²) in [6.45, 7) is 0. The number of aliphatic hydroxyl groups excluding tert-OH is 1. The summed E-state index contributed by atoms with van der Waals surface area (Å²) in [5.41, 5.74) is -0.315. The van der Waals surface area contributed by atoms with Gasteiger partial charge in [0.05, 0.1) is 5.56 Å². The highest BCUT2D eigenvalue weighted by molar-refractivity contribution is 5.87. The number of carbonyl (C=O) groups is 2. The van der Waals surface area contributed by atoms with E-state index in [0.29, 0.717) is 5.56 Å². The highest BCUT2D eigenvalue weighted by Crippen LogP contribution is 2.30. The monoisotopic (exact) mass is 367 g/mol. The summed E-state index contributed by atoms with van der Waals surface area (Å²) >= 11 is 0. The van der Waals surface area contributed by atoms with E-state index in [1.165, 1.54) is 0 Å². The predicted molar refractivity (Wildman–Crippen MR) is 86.1 cm³/mol. The lowest BCUT2D eigenvalue weighted by atomic mass is 10.0. The molecule has 0 aliphatic carbocycles. The second kappa shape index (κ2) is 8.01. The zero-order valence-corrected chi connectivity index (χ0v) is 13.4. The summed E-state index contributed by atoms with van der Waals surface area (Å²) in [4.78, 5) is 23.4. The highest BCUT2D eigenvalue weighted by Gasteiger charge is 2.31. The molecule has 5 nitrogen and oxygen atoms in total. The minimum Gasteiger partial charge on any atom is -0.480 e. The molecule has 0 saturated carbocycles. The molecule has 2 aromatic carbocycles. The molecule has 0 saturated heterocycles. The van der Waals surface area contributed by atoms with Crippen LogP contribution in [-0.4, -0.2) is 28.1 Å². The van der Waals surface area contributed by atoms with Crippen LogP contribution in [0.1, 0.15) is 22.8 Å². The molecule has 0 aliphatic heterocycles. The van der Waals surface area contributed by atoms with Crippen LogP contribution in [0.5, 0.6) is 0 Å². The summed E-state index contributed by atoms with van der Waals surface area (Å²) in [6.07, 6.45) is -6.31. The average Bonchev–Trinajstić information content (AvgIpc) is 2.60. The quantitative estimate of drug-likeness (QED) is 0.732. The van der Waals surface area contributed by atoms with Gasteiger partial charge in [-0.25, -0.2) is 4.79 Å². The molecule has 2 atom stereocenters. The van der Waals surface area contributed by atoms with Crippen molar-refractivity contribution in [3.05, 3.63) is 71.3 Å². The van der Waals surface area contributed by atoms with Crippen molar-refractivity contribution in [2.45, 2.75) is 24.7 Å². The molecule has 0 fully saturated rings. The first kappa shape index (κ1) is 19.5. The van der Waals surface area contributed by atoms with Crippen molar-refractivity contribution in [3.63, 3.8) is 0 Å². The number of carboxylic acids is 1. The second-order valence-corrected chi connectivity index (χ2v) is 5.61. The Morgan fingerprint density at radius 2 is 1.58 bits per heavy atom. The molecule has 0 radical (unpaired) electrons. The number of amides is 1. The first-order valence-corrected chi connectivity index (χ1v) is 7.61. The minimum atomic E-state index is -4.53. The maximum Gasteiger partial charge on any atom is 0.416 e. The summed E-state index contributed by atoms with van der Waals surface area (Å²) in [6, 6.07) is 10.7. The first-order valence-electron chi connectivity index (χ1n) is 7.61. The fraction of sp³-hybridized carbons (Fsp3) is 0.222. The number of halogens is 3. The Hall–Kier alpha value is -2.87. The summed E-state index contributed by atoms with van der Waals surface area (Å²) in [5, 5.41) is 21.4. The van der Waals surface area contributed by atoms with Gasteiger partial charge in [-0.3, -0.25) is 4.79 Å². The maximum atomic E-state index is 12.5. The second-order valence-electron chi connectivity index (χ2n) is 5.61. The summed E-state index contributed by atoms with van der Waals surface area (Å²) in [7, 11) is 0. The molecule has 0 aromatic heterocycles. The van der Waals surface area contributed by atoms with Crippen LogP contribution in [0.3, 0.4) is 0 Å². The van der Waals surface area contributed by atoms with Crippen molar-refractivity contribution in [1.29, 1.82) is 0 Å². The molecule has 138 valence electrons. The molecule has 0 heterocycles. The van der Waals surface area contributed by atoms with Crippen molar-refractivity contribution in [1.82, 2.24) is 5.32 Å². The molecule has 2 aromatic rings. The van der Waals surface area contributed by atoms with Crippen molar-refractivity contribution in [3.8, 4) is 0 Å². The normalized spacial score (nSPS) is 13.7. The Bertz CT molecular complexity index is 760. The Morgan fingerprint density at radius 3 is 2.08 bits per heavy atom. The van der Waals surface area contributed by atoms with Crippen LogP contribution < -0.4 is 5.32 Å². The number of nitrogens with one attached hydrogen (secondary N) is 1. The van der Waals surface area contributed by atoms with Gasteiger partial charge in [0.25, 0.3) is 5.91 Å². The van der Waals surface area contributed by atoms with E-state index >= 15 is 0 Å². The molecule has 0 aliphatic rings. The van der Waals surface area contributed by atoms with Gasteiger partial charge in [0.15, 0.2) is 6.10 Å². The molecule has 1 amide bonds. The number of hydrogen-bond acceptors (Lipinski definition) is 3. The van der Waals surface area contributed by atoms with Gasteiger partial charge in [0.1, 0.15) is 6.04 Å². The van der Waals surface area contributed by atoms with E-state index in [2.05, 4.69) is 5.32 Å². The van der Waals surface area contributed by atoms with E-state index in [1.807, 2.05) is 0 Å². The van der Waals surface area contributed by atoms with E-state index in [1.54, 1.807) is 30.3 Å². The molecule has 0 spiro atoms. The smallest absolute Gasteiger partial charge is 0.416 e. The van der Waals surface area contributed by atoms with Crippen molar-refractivity contribution in [2.24, 2.45) is 0 Å². The first-order chi connectivity index (χ1) is 12.2. The lowest BCUT2D eigenvalue weighted by Gasteiger charge is -2.18. The third-order valence-electron chi connectivity index (χ3n) is 3.70. The van der Waals surface area contributed by atoms with Crippen LogP contribution in [0, 0.1) is 0 Å². The van der Waals surface area contributed by atoms with Gasteiger partial charge in [-0.15, -0.1) is 0 Å². The topological polar surface area (TPSA) is 86.6 Å². The van der Waals surface area contributed by atoms with E-state index in [-0.39, 0.29) is 12.0 Å². The Labute approximate surface area is 147 Å². The minimum absolute atomic E-state index is 0.00163. The lowest BCUT2D eigenvalue weighted by molar-refractivity contribution is -0.143. The third-order valence-corrected chi connectivity index (χ3v) is 3.70. The van der Waals surface area contributed by atoms with Crippen LogP contribution >= 0.6 is 0 Å². The Morgan fingerprint density at radius 1 is 1.00 bits per heavy atom. The number of rotatable bonds is 6. The SMILES string of the molecule is O=C(O)[C@@H](Cc1ccccc1)NC(=O)[C@H](O)c1ccc(C(F)(F)F)cc1. The highest BCUT2D eigenvalue weighted by atomic mass is 19.4. The third kappa shape index (κ3) is 5.06. The van der Waals surface area contributed by atoms with Gasteiger partial charge in [-0.2, -0.15) is 13.2 Å². The molecule has 3 N–H and O–H groups in total. The maximum absolute atomic E-state index is 12.5. The van der Waals surface area contributed by atoms with E-state index in [0.717, 1.165) is 24.3 Å². The average molecular weight is 367 g/mol. The van der Waals surface area contributed by atoms with E-state index in [4.69, 9.17) is 0 Å². The van der Waals surface area contributed by atoms with Crippen LogP contribution in [0.2, 0.25) is 0 Å². The van der Waals surface area contributed by atoms with Crippen LogP contribution in [-0.2, 0) is 22.2 Å². The molecule has 0 bridgehead atoms. The van der Waals surface area contributed by atoms with Crippen molar-refractivity contribution in [2.75, 3.05) is 0 Å². The van der Waals surface area contributed by atoms with Gasteiger partial charge < -0.3 is 15.5 Å². The summed E-state index contributed by atoms with van der Waals surface area (Å²) in [5.74, 6) is -2.30. The Balaban J connectivity index is 2.07. The van der Waals surface area contributed by atoms with Gasteiger partial charge in [0.2, 0.25) is 0 Å². The number of hydrogen-bond donors (Lipinski definition) is 3. The molecule has 8 heteroatoms. The molecule has 0 unspecified atom stereocenters. The predicted octanol–water partition coefficient (Wildman–Crippen LogP) is 2.55. The number of carboxylic acid groups (broad SMARTS) is 1. The van der Waals surface area contributed by atoms with Crippen molar-refractivity contribution < 1.29 is 33.0 Å². The van der Waals surface area contributed by atoms with E-state index in [9.17, 15) is 33.0 Å². The van der Waals surface area contributed by atoms with Crippen molar-refractivity contribution >= 4 is 11.9 Å². The standard InChI is InChI=1S/C18H16F3NO4/c19-18(20,21)13-8-6-12(7-9-13)15(23)16(24)22-14(17(25)26)10-11-4-2-1-3-5-11/h1-9,14-15,23H,10H2,(H,22,24)(H,25,26)/t14-,15-/m1/s1. The fourth-order valence-corrected chi connectivity index (χ4v) is 2.31. The number of aliphatic carboxylic acids is 1. The zero-order valence-electron chi connectivity index (χ0n) is 13.4. The van der Waals surface area contributed by atoms with Gasteiger partial charge >= 0.3 is 12.1 Å². The van der Waals surface area contributed by atoms with Crippen LogP contribution in [0.25, 0.3) is 0 Å². The van der Waals surface area contributed by atoms with Gasteiger partial charge in [-0.1, -0.05) is 42.5 Å². The number of aliphatic hydroxyl groups is 1. The number of benzene rings is 2.